The van der Waals surface area contributed by atoms with Crippen molar-refractivity contribution in [3.05, 3.63) is 65.7 Å². The normalized spacial score (nSPS) is 11.8. The molecule has 0 radical (unpaired) electrons. The van der Waals surface area contributed by atoms with Gasteiger partial charge in [-0.05, 0) is 31.2 Å². The van der Waals surface area contributed by atoms with Crippen LogP contribution in [0.3, 0.4) is 0 Å². The molecule has 0 aliphatic carbocycles. The van der Waals surface area contributed by atoms with Gasteiger partial charge in [0, 0.05) is 16.8 Å². The van der Waals surface area contributed by atoms with Gasteiger partial charge < -0.3 is 5.32 Å². The molecule has 2 aromatic carbocycles. The molecule has 2 rings (SSSR count). The Balaban J connectivity index is 2.02. The van der Waals surface area contributed by atoms with E-state index in [-0.39, 0.29) is 16.9 Å². The van der Waals surface area contributed by atoms with Crippen molar-refractivity contribution >= 4 is 29.1 Å². The summed E-state index contributed by atoms with van der Waals surface area (Å²) in [6.07, 6.45) is 2.24. The maximum absolute atomic E-state index is 12.5. The summed E-state index contributed by atoms with van der Waals surface area (Å²) in [5, 5.41) is 2.80. The molecular weight excluding hydrogens is 318 g/mol. The molecule has 1 N–H and O–H groups in total. The van der Waals surface area contributed by atoms with Crippen molar-refractivity contribution in [2.24, 2.45) is 0 Å². The molecule has 1 unspecified atom stereocenters. The van der Waals surface area contributed by atoms with Gasteiger partial charge >= 0.3 is 0 Å². The van der Waals surface area contributed by atoms with Crippen LogP contribution in [0.25, 0.3) is 0 Å². The summed E-state index contributed by atoms with van der Waals surface area (Å²) >= 11 is 1.66. The second-order valence-corrected chi connectivity index (χ2v) is 7.08. The quantitative estimate of drug-likeness (QED) is 0.555. The SMILES string of the molecule is CCCCSC(C)C(=O)Nc1cccc(C(=O)c2ccccc2)c1. The van der Waals surface area contributed by atoms with E-state index in [1.165, 1.54) is 0 Å². The third-order valence-electron chi connectivity index (χ3n) is 3.66. The number of carbonyl (C=O) groups is 2. The molecule has 0 saturated heterocycles. The number of ketones is 1. The Bertz CT molecular complexity index is 685. The minimum Gasteiger partial charge on any atom is -0.325 e. The molecule has 1 atom stereocenters. The maximum Gasteiger partial charge on any atom is 0.237 e. The molecule has 3 nitrogen and oxygen atoms in total. The Morgan fingerprint density at radius 3 is 2.46 bits per heavy atom. The number of nitrogens with one attached hydrogen (secondary N) is 1. The van der Waals surface area contributed by atoms with Gasteiger partial charge in [-0.3, -0.25) is 9.59 Å². The highest BCUT2D eigenvalue weighted by Crippen LogP contribution is 2.18. The van der Waals surface area contributed by atoms with E-state index in [4.69, 9.17) is 0 Å². The van der Waals surface area contributed by atoms with Crippen LogP contribution in [0.1, 0.15) is 42.6 Å². The molecule has 0 aliphatic heterocycles. The van der Waals surface area contributed by atoms with Crippen molar-refractivity contribution in [2.75, 3.05) is 11.1 Å². The Kier molecular flexibility index (Phi) is 7.07. The summed E-state index contributed by atoms with van der Waals surface area (Å²) in [5.41, 5.74) is 1.87. The lowest BCUT2D eigenvalue weighted by atomic mass is 10.0. The van der Waals surface area contributed by atoms with Gasteiger partial charge in [0.1, 0.15) is 0 Å². The zero-order valence-electron chi connectivity index (χ0n) is 14.1. The first kappa shape index (κ1) is 18.3. The number of unbranched alkanes of at least 4 members (excludes halogenated alkanes) is 1. The van der Waals surface area contributed by atoms with Crippen LogP contribution in [-0.2, 0) is 4.79 Å². The van der Waals surface area contributed by atoms with E-state index in [0.717, 1.165) is 18.6 Å². The molecule has 0 saturated carbocycles. The third kappa shape index (κ3) is 5.24. The lowest BCUT2D eigenvalue weighted by Crippen LogP contribution is -2.23. The van der Waals surface area contributed by atoms with E-state index in [2.05, 4.69) is 12.2 Å². The fourth-order valence-corrected chi connectivity index (χ4v) is 3.24. The molecular formula is C20H23NO2S. The van der Waals surface area contributed by atoms with Gasteiger partial charge in [-0.25, -0.2) is 0 Å². The summed E-state index contributed by atoms with van der Waals surface area (Å²) in [6, 6.07) is 16.2. The van der Waals surface area contributed by atoms with Crippen molar-refractivity contribution < 1.29 is 9.59 Å². The largest absolute Gasteiger partial charge is 0.325 e. The first-order chi connectivity index (χ1) is 11.6. The average Bonchev–Trinajstić information content (AvgIpc) is 2.62. The average molecular weight is 341 g/mol. The van der Waals surface area contributed by atoms with Crippen LogP contribution in [0.2, 0.25) is 0 Å². The lowest BCUT2D eigenvalue weighted by Gasteiger charge is -2.12. The van der Waals surface area contributed by atoms with E-state index in [9.17, 15) is 9.59 Å². The highest BCUT2D eigenvalue weighted by Gasteiger charge is 2.14. The predicted molar refractivity (Wildman–Crippen MR) is 102 cm³/mol. The Morgan fingerprint density at radius 1 is 1.04 bits per heavy atom. The maximum atomic E-state index is 12.5. The van der Waals surface area contributed by atoms with E-state index < -0.39 is 0 Å². The molecule has 0 bridgehead atoms. The summed E-state index contributed by atoms with van der Waals surface area (Å²) in [6.45, 7) is 4.05. The molecule has 0 heterocycles. The number of amides is 1. The first-order valence-electron chi connectivity index (χ1n) is 8.24. The molecule has 0 aromatic heterocycles. The number of rotatable bonds is 8. The highest BCUT2D eigenvalue weighted by atomic mass is 32.2. The van der Waals surface area contributed by atoms with Crippen molar-refractivity contribution in [3.8, 4) is 0 Å². The molecule has 126 valence electrons. The van der Waals surface area contributed by atoms with Crippen molar-refractivity contribution in [3.63, 3.8) is 0 Å². The zero-order valence-corrected chi connectivity index (χ0v) is 14.9. The van der Waals surface area contributed by atoms with Crippen molar-refractivity contribution in [1.82, 2.24) is 0 Å². The van der Waals surface area contributed by atoms with Crippen LogP contribution in [0, 0.1) is 0 Å². The topological polar surface area (TPSA) is 46.2 Å². The second kappa shape index (κ2) is 9.28. The number of hydrogen-bond donors (Lipinski definition) is 1. The van der Waals surface area contributed by atoms with Crippen LogP contribution in [0.5, 0.6) is 0 Å². The van der Waals surface area contributed by atoms with Gasteiger partial charge in [0.2, 0.25) is 5.91 Å². The molecule has 1 amide bonds. The van der Waals surface area contributed by atoms with Gasteiger partial charge in [0.25, 0.3) is 0 Å². The Morgan fingerprint density at radius 2 is 1.75 bits per heavy atom. The summed E-state index contributed by atoms with van der Waals surface area (Å²) < 4.78 is 0. The van der Waals surface area contributed by atoms with Crippen LogP contribution in [-0.4, -0.2) is 22.7 Å². The van der Waals surface area contributed by atoms with E-state index in [0.29, 0.717) is 16.8 Å². The van der Waals surface area contributed by atoms with Crippen LogP contribution in [0.15, 0.2) is 54.6 Å². The van der Waals surface area contributed by atoms with E-state index in [1.807, 2.05) is 31.2 Å². The lowest BCUT2D eigenvalue weighted by molar-refractivity contribution is -0.115. The third-order valence-corrected chi connectivity index (χ3v) is 4.90. The van der Waals surface area contributed by atoms with Crippen LogP contribution < -0.4 is 5.32 Å². The fraction of sp³-hybridized carbons (Fsp3) is 0.300. The fourth-order valence-electron chi connectivity index (χ4n) is 2.22. The molecule has 0 fully saturated rings. The number of thioether (sulfide) groups is 1. The molecule has 2 aromatic rings. The Hall–Kier alpha value is -2.07. The van der Waals surface area contributed by atoms with Gasteiger partial charge in [0.15, 0.2) is 5.78 Å². The van der Waals surface area contributed by atoms with Gasteiger partial charge in [-0.2, -0.15) is 0 Å². The zero-order chi connectivity index (χ0) is 17.4. The van der Waals surface area contributed by atoms with E-state index >= 15 is 0 Å². The van der Waals surface area contributed by atoms with Gasteiger partial charge in [-0.15, -0.1) is 11.8 Å². The molecule has 0 spiro atoms. The summed E-state index contributed by atoms with van der Waals surface area (Å²) in [7, 11) is 0. The number of carbonyl (C=O) groups excluding carboxylic acids is 2. The standard InChI is InChI=1S/C20H23NO2S/c1-3-4-13-24-15(2)20(23)21-18-12-8-11-17(14-18)19(22)16-9-6-5-7-10-16/h5-12,14-15H,3-4,13H2,1-2H3,(H,21,23). The van der Waals surface area contributed by atoms with Crippen molar-refractivity contribution in [1.29, 1.82) is 0 Å². The molecule has 24 heavy (non-hydrogen) atoms. The van der Waals surface area contributed by atoms with Gasteiger partial charge in [-0.1, -0.05) is 55.8 Å². The smallest absolute Gasteiger partial charge is 0.237 e. The minimum absolute atomic E-state index is 0.0274. The first-order valence-corrected chi connectivity index (χ1v) is 9.29. The molecule has 4 heteroatoms. The highest BCUT2D eigenvalue weighted by molar-refractivity contribution is 8.00. The summed E-state index contributed by atoms with van der Waals surface area (Å²) in [4.78, 5) is 24.7. The summed E-state index contributed by atoms with van der Waals surface area (Å²) in [5.74, 6) is 0.912. The van der Waals surface area contributed by atoms with Crippen LogP contribution in [0.4, 0.5) is 5.69 Å². The number of benzene rings is 2. The molecule has 0 aliphatic rings. The Labute approximate surface area is 147 Å². The van der Waals surface area contributed by atoms with Gasteiger partial charge in [0.05, 0.1) is 5.25 Å². The van der Waals surface area contributed by atoms with Crippen LogP contribution >= 0.6 is 11.8 Å². The monoisotopic (exact) mass is 341 g/mol. The minimum atomic E-state index is -0.106. The number of hydrogen-bond acceptors (Lipinski definition) is 3. The van der Waals surface area contributed by atoms with E-state index in [1.54, 1.807) is 42.1 Å². The number of anilines is 1. The second-order valence-electron chi connectivity index (χ2n) is 5.63. The van der Waals surface area contributed by atoms with Crippen molar-refractivity contribution in [2.45, 2.75) is 31.9 Å². The predicted octanol–water partition coefficient (Wildman–Crippen LogP) is 4.78.